The van der Waals surface area contributed by atoms with Gasteiger partial charge in [-0.3, -0.25) is 4.98 Å². The second kappa shape index (κ2) is 7.90. The highest BCUT2D eigenvalue weighted by Crippen LogP contribution is 2.25. The molecule has 1 saturated heterocycles. The average molecular weight is 398 g/mol. The molecule has 0 aliphatic carbocycles. The van der Waals surface area contributed by atoms with Gasteiger partial charge in [-0.15, -0.1) is 0 Å². The molecule has 0 bridgehead atoms. The third-order valence-corrected chi connectivity index (χ3v) is 5.14. The zero-order chi connectivity index (χ0) is 20.3. The van der Waals surface area contributed by atoms with E-state index in [0.717, 1.165) is 66.2 Å². The van der Waals surface area contributed by atoms with Crippen LogP contribution in [0, 0.1) is 6.92 Å². The molecular weight excluding hydrogens is 376 g/mol. The number of fused-ring (bicyclic) bond motifs is 1. The van der Waals surface area contributed by atoms with Crippen LogP contribution >= 0.6 is 0 Å². The molecule has 1 aliphatic rings. The molecule has 1 aliphatic heterocycles. The quantitative estimate of drug-likeness (QED) is 0.561. The van der Waals surface area contributed by atoms with Crippen molar-refractivity contribution in [2.45, 2.75) is 6.92 Å². The van der Waals surface area contributed by atoms with Crippen molar-refractivity contribution in [2.75, 3.05) is 41.3 Å². The fourth-order valence-electron chi connectivity index (χ4n) is 3.66. The van der Waals surface area contributed by atoms with Gasteiger partial charge in [0.05, 0.1) is 11.2 Å². The zero-order valence-corrected chi connectivity index (χ0v) is 16.7. The minimum atomic E-state index is 0.735. The molecule has 5 rings (SSSR count). The minimum absolute atomic E-state index is 0.735. The van der Waals surface area contributed by atoms with Crippen LogP contribution in [0.1, 0.15) is 5.69 Å². The summed E-state index contributed by atoms with van der Waals surface area (Å²) in [6.07, 6.45) is 5.36. The molecule has 1 aromatic carbocycles. The molecule has 0 saturated carbocycles. The van der Waals surface area contributed by atoms with Crippen LogP contribution in [0.15, 0.2) is 61.1 Å². The largest absolute Gasteiger partial charge is 0.338 e. The van der Waals surface area contributed by atoms with Crippen LogP contribution in [0.5, 0.6) is 0 Å². The highest BCUT2D eigenvalue weighted by Gasteiger charge is 2.21. The number of anilines is 4. The molecule has 150 valence electrons. The van der Waals surface area contributed by atoms with E-state index in [1.165, 1.54) is 0 Å². The van der Waals surface area contributed by atoms with Gasteiger partial charge < -0.3 is 15.1 Å². The van der Waals surface area contributed by atoms with E-state index in [4.69, 9.17) is 4.98 Å². The second-order valence-electron chi connectivity index (χ2n) is 7.22. The van der Waals surface area contributed by atoms with E-state index in [-0.39, 0.29) is 0 Å². The van der Waals surface area contributed by atoms with E-state index in [9.17, 15) is 0 Å². The lowest BCUT2D eigenvalue weighted by molar-refractivity contribution is 0.627. The van der Waals surface area contributed by atoms with Gasteiger partial charge in [-0.25, -0.2) is 15.0 Å². The Balaban J connectivity index is 1.35. The van der Waals surface area contributed by atoms with Crippen molar-refractivity contribution in [3.05, 3.63) is 66.7 Å². The lowest BCUT2D eigenvalue weighted by Gasteiger charge is -2.34. The number of nitrogens with one attached hydrogen (secondary N) is 1. The molecule has 1 N–H and O–H groups in total. The molecule has 3 aromatic heterocycles. The summed E-state index contributed by atoms with van der Waals surface area (Å²) in [7, 11) is 0. The molecule has 30 heavy (non-hydrogen) atoms. The van der Waals surface area contributed by atoms with Crippen molar-refractivity contribution in [3.8, 4) is 0 Å². The van der Waals surface area contributed by atoms with Crippen LogP contribution in [-0.2, 0) is 0 Å². The number of hydrogen-bond donors (Lipinski definition) is 1. The summed E-state index contributed by atoms with van der Waals surface area (Å²) in [5.41, 5.74) is 2.78. The second-order valence-corrected chi connectivity index (χ2v) is 7.22. The Kier molecular flexibility index (Phi) is 4.80. The topological polar surface area (TPSA) is 83.0 Å². The molecule has 0 amide bonds. The molecule has 1 fully saturated rings. The number of aryl methyl sites for hydroxylation is 1. The zero-order valence-electron chi connectivity index (χ0n) is 16.7. The van der Waals surface area contributed by atoms with Crippen molar-refractivity contribution in [1.29, 1.82) is 0 Å². The first kappa shape index (κ1) is 18.2. The molecular formula is C22H22N8. The first-order valence-electron chi connectivity index (χ1n) is 10.00. The summed E-state index contributed by atoms with van der Waals surface area (Å²) in [6, 6.07) is 13.9. The highest BCUT2D eigenvalue weighted by molar-refractivity contribution is 5.91. The number of pyridine rings is 1. The smallest absolute Gasteiger partial charge is 0.227 e. The Labute approximate surface area is 174 Å². The van der Waals surface area contributed by atoms with Crippen LogP contribution < -0.4 is 15.1 Å². The number of nitrogens with zero attached hydrogens (tertiary/aromatic N) is 7. The van der Waals surface area contributed by atoms with Crippen molar-refractivity contribution >= 4 is 34.3 Å². The number of rotatable bonds is 4. The fraction of sp³-hybridized carbons (Fsp3) is 0.227. The Morgan fingerprint density at radius 1 is 0.767 bits per heavy atom. The van der Waals surface area contributed by atoms with E-state index in [1.54, 1.807) is 18.6 Å². The number of aromatic nitrogens is 5. The summed E-state index contributed by atoms with van der Waals surface area (Å²) in [5, 5.41) is 4.52. The lowest BCUT2D eigenvalue weighted by atomic mass is 10.2. The van der Waals surface area contributed by atoms with Gasteiger partial charge in [-0.1, -0.05) is 18.2 Å². The number of benzene rings is 1. The standard InChI is InChI=1S/C22H22N8/c1-16-15-19(27-18-7-2-5-17-6-3-8-23-20(17)18)28-22(26-16)30-13-11-29(12-14-30)21-24-9-4-10-25-21/h2-10,15H,11-14H2,1H3,(H,26,27,28). The lowest BCUT2D eigenvalue weighted by Crippen LogP contribution is -2.47. The third kappa shape index (κ3) is 3.71. The Morgan fingerprint density at radius 3 is 2.27 bits per heavy atom. The van der Waals surface area contributed by atoms with Crippen LogP contribution in [0.2, 0.25) is 0 Å². The van der Waals surface area contributed by atoms with Gasteiger partial charge in [0.25, 0.3) is 0 Å². The summed E-state index contributed by atoms with van der Waals surface area (Å²) in [5.74, 6) is 2.27. The molecule has 4 aromatic rings. The third-order valence-electron chi connectivity index (χ3n) is 5.14. The van der Waals surface area contributed by atoms with Crippen LogP contribution in [0.3, 0.4) is 0 Å². The number of para-hydroxylation sites is 1. The number of piperazine rings is 1. The Hall–Kier alpha value is -3.81. The SMILES string of the molecule is Cc1cc(Nc2cccc3cccnc23)nc(N2CCN(c3ncccn3)CC2)n1. The molecule has 8 nitrogen and oxygen atoms in total. The summed E-state index contributed by atoms with van der Waals surface area (Å²) < 4.78 is 0. The highest BCUT2D eigenvalue weighted by atomic mass is 15.4. The normalized spacial score (nSPS) is 14.2. The monoisotopic (exact) mass is 398 g/mol. The van der Waals surface area contributed by atoms with Gasteiger partial charge in [-0.2, -0.15) is 4.98 Å². The van der Waals surface area contributed by atoms with Gasteiger partial charge in [0.2, 0.25) is 11.9 Å². The van der Waals surface area contributed by atoms with E-state index in [1.807, 2.05) is 37.3 Å². The van der Waals surface area contributed by atoms with Crippen molar-refractivity contribution in [1.82, 2.24) is 24.9 Å². The Bertz CT molecular complexity index is 1150. The first-order valence-corrected chi connectivity index (χ1v) is 10.00. The molecule has 0 atom stereocenters. The van der Waals surface area contributed by atoms with Gasteiger partial charge in [-0.05, 0) is 25.1 Å². The summed E-state index contributed by atoms with van der Waals surface area (Å²) in [6.45, 7) is 5.29. The fourth-order valence-corrected chi connectivity index (χ4v) is 3.66. The average Bonchev–Trinajstić information content (AvgIpc) is 2.80. The summed E-state index contributed by atoms with van der Waals surface area (Å²) in [4.78, 5) is 27.1. The van der Waals surface area contributed by atoms with Gasteiger partial charge >= 0.3 is 0 Å². The van der Waals surface area contributed by atoms with E-state index in [2.05, 4.69) is 47.2 Å². The van der Waals surface area contributed by atoms with Crippen LogP contribution in [0.4, 0.5) is 23.4 Å². The van der Waals surface area contributed by atoms with Crippen molar-refractivity contribution < 1.29 is 0 Å². The molecule has 0 radical (unpaired) electrons. The van der Waals surface area contributed by atoms with E-state index >= 15 is 0 Å². The molecule has 0 unspecified atom stereocenters. The minimum Gasteiger partial charge on any atom is -0.338 e. The predicted octanol–water partition coefficient (Wildman–Crippen LogP) is 3.19. The first-order chi connectivity index (χ1) is 14.8. The van der Waals surface area contributed by atoms with Crippen molar-refractivity contribution in [2.24, 2.45) is 0 Å². The van der Waals surface area contributed by atoms with E-state index < -0.39 is 0 Å². The molecule has 0 spiro atoms. The van der Waals surface area contributed by atoms with Gasteiger partial charge in [0, 0.05) is 61.9 Å². The van der Waals surface area contributed by atoms with Crippen LogP contribution in [0.25, 0.3) is 10.9 Å². The Morgan fingerprint density at radius 2 is 1.47 bits per heavy atom. The van der Waals surface area contributed by atoms with Crippen molar-refractivity contribution in [3.63, 3.8) is 0 Å². The van der Waals surface area contributed by atoms with Crippen LogP contribution in [-0.4, -0.2) is 51.1 Å². The van der Waals surface area contributed by atoms with Gasteiger partial charge in [0.15, 0.2) is 0 Å². The number of hydrogen-bond acceptors (Lipinski definition) is 8. The molecule has 4 heterocycles. The maximum absolute atomic E-state index is 4.78. The maximum Gasteiger partial charge on any atom is 0.227 e. The molecule has 8 heteroatoms. The van der Waals surface area contributed by atoms with Gasteiger partial charge in [0.1, 0.15) is 5.82 Å². The maximum atomic E-state index is 4.78. The summed E-state index contributed by atoms with van der Waals surface area (Å²) >= 11 is 0. The predicted molar refractivity (Wildman–Crippen MR) is 118 cm³/mol. The van der Waals surface area contributed by atoms with E-state index in [0.29, 0.717) is 0 Å².